The van der Waals surface area contributed by atoms with E-state index >= 15 is 0 Å². The van der Waals surface area contributed by atoms with Crippen LogP contribution in [0, 0.1) is 0 Å². The van der Waals surface area contributed by atoms with Gasteiger partial charge < -0.3 is 18.6 Å². The normalized spacial score (nSPS) is 18.2. The number of furan rings is 2. The summed E-state index contributed by atoms with van der Waals surface area (Å²) in [7, 11) is 0. The first-order chi connectivity index (χ1) is 17.5. The van der Waals surface area contributed by atoms with Crippen molar-refractivity contribution < 1.29 is 18.4 Å². The fraction of sp³-hybridized carbons (Fsp3) is 0.133. The molecule has 6 rings (SSSR count). The summed E-state index contributed by atoms with van der Waals surface area (Å²) in [5, 5.41) is 0. The molecule has 4 aromatic rings. The van der Waals surface area contributed by atoms with Gasteiger partial charge in [-0.15, -0.1) is 0 Å². The van der Waals surface area contributed by atoms with Gasteiger partial charge in [-0.25, -0.2) is 0 Å². The monoisotopic (exact) mass is 476 g/mol. The molecule has 6 heteroatoms. The van der Waals surface area contributed by atoms with Crippen molar-refractivity contribution >= 4 is 24.0 Å². The molecule has 0 aliphatic carbocycles. The summed E-state index contributed by atoms with van der Waals surface area (Å²) < 4.78 is 10.6. The number of benzene rings is 2. The highest BCUT2D eigenvalue weighted by molar-refractivity contribution is 5.82. The van der Waals surface area contributed by atoms with Crippen LogP contribution in [0.4, 0.5) is 0 Å². The predicted molar refractivity (Wildman–Crippen MR) is 137 cm³/mol. The lowest BCUT2D eigenvalue weighted by atomic mass is 9.81. The third-order valence-corrected chi connectivity index (χ3v) is 6.97. The van der Waals surface area contributed by atoms with Crippen LogP contribution in [0.2, 0.25) is 0 Å². The second-order valence-electron chi connectivity index (χ2n) is 9.09. The quantitative estimate of drug-likeness (QED) is 0.332. The summed E-state index contributed by atoms with van der Waals surface area (Å²) in [6.07, 6.45) is 14.2. The average molecular weight is 477 g/mol. The van der Waals surface area contributed by atoms with Crippen LogP contribution in [0.15, 0.2) is 94.8 Å². The van der Waals surface area contributed by atoms with Crippen molar-refractivity contribution in [2.24, 2.45) is 0 Å². The van der Waals surface area contributed by atoms with E-state index in [1.165, 1.54) is 0 Å². The van der Waals surface area contributed by atoms with E-state index in [4.69, 9.17) is 8.83 Å². The first kappa shape index (κ1) is 21.9. The lowest BCUT2D eigenvalue weighted by Gasteiger charge is -2.44. The van der Waals surface area contributed by atoms with Gasteiger partial charge in [0.15, 0.2) is 0 Å². The van der Waals surface area contributed by atoms with Crippen molar-refractivity contribution in [1.82, 2.24) is 9.80 Å². The number of nitrogens with zero attached hydrogens (tertiary/aromatic N) is 2. The topological polar surface area (TPSA) is 66.9 Å². The van der Waals surface area contributed by atoms with Crippen molar-refractivity contribution in [2.75, 3.05) is 0 Å². The summed E-state index contributed by atoms with van der Waals surface area (Å²) >= 11 is 0. The molecule has 178 valence electrons. The number of amides is 2. The average Bonchev–Trinajstić information content (AvgIpc) is 3.61. The predicted octanol–water partition coefficient (Wildman–Crippen LogP) is 6.65. The molecule has 0 radical (unpaired) electrons. The van der Waals surface area contributed by atoms with Crippen LogP contribution >= 0.6 is 0 Å². The van der Waals surface area contributed by atoms with Crippen LogP contribution in [-0.2, 0) is 9.59 Å². The minimum absolute atomic E-state index is 0.0961. The standard InChI is InChI=1S/C30H24N2O4/c1-19(33)31-11-7-21-3-5-23(25-9-13-35-17-25)15-27(21)29(31)30-28-16-24(26-10-14-36-18-26)6-4-22(28)8-12-32(30)20(2)34/h3-18,29-30H,1-2H3/t29-,30-/m0/s1. The Morgan fingerprint density at radius 3 is 1.44 bits per heavy atom. The van der Waals surface area contributed by atoms with Crippen LogP contribution in [0.1, 0.15) is 48.2 Å². The van der Waals surface area contributed by atoms with Crippen LogP contribution in [0.3, 0.4) is 0 Å². The Kier molecular flexibility index (Phi) is 5.22. The second kappa shape index (κ2) is 8.57. The molecule has 0 saturated carbocycles. The van der Waals surface area contributed by atoms with Crippen LogP contribution < -0.4 is 0 Å². The number of rotatable bonds is 3. The molecule has 2 aromatic carbocycles. The molecular weight excluding hydrogens is 452 g/mol. The summed E-state index contributed by atoms with van der Waals surface area (Å²) in [6.45, 7) is 3.11. The largest absolute Gasteiger partial charge is 0.472 e. The number of hydrogen-bond donors (Lipinski definition) is 0. The lowest BCUT2D eigenvalue weighted by molar-refractivity contribution is -0.134. The van der Waals surface area contributed by atoms with Gasteiger partial charge >= 0.3 is 0 Å². The molecule has 2 aromatic heterocycles. The van der Waals surface area contributed by atoms with Crippen molar-refractivity contribution in [3.63, 3.8) is 0 Å². The van der Waals surface area contributed by atoms with E-state index in [-0.39, 0.29) is 11.8 Å². The van der Waals surface area contributed by atoms with Gasteiger partial charge in [0.25, 0.3) is 0 Å². The van der Waals surface area contributed by atoms with E-state index in [0.29, 0.717) is 0 Å². The fourth-order valence-electron chi connectivity index (χ4n) is 5.23. The number of carbonyl (C=O) groups is 2. The van der Waals surface area contributed by atoms with Gasteiger partial charge in [-0.05, 0) is 69.8 Å². The van der Waals surface area contributed by atoms with Gasteiger partial charge in [0.2, 0.25) is 11.8 Å². The lowest BCUT2D eigenvalue weighted by Crippen LogP contribution is -2.42. The zero-order chi connectivity index (χ0) is 24.8. The fourth-order valence-corrected chi connectivity index (χ4v) is 5.23. The molecule has 0 bridgehead atoms. The first-order valence-corrected chi connectivity index (χ1v) is 11.8. The maximum Gasteiger partial charge on any atom is 0.224 e. The van der Waals surface area contributed by atoms with Crippen molar-refractivity contribution in [1.29, 1.82) is 0 Å². The molecule has 0 fully saturated rings. The Bertz CT molecular complexity index is 1400. The molecule has 6 nitrogen and oxygen atoms in total. The second-order valence-corrected chi connectivity index (χ2v) is 9.09. The zero-order valence-electron chi connectivity index (χ0n) is 19.9. The summed E-state index contributed by atoms with van der Waals surface area (Å²) in [5.41, 5.74) is 7.84. The van der Waals surface area contributed by atoms with Gasteiger partial charge in [0, 0.05) is 37.4 Å². The number of hydrogen-bond acceptors (Lipinski definition) is 4. The van der Waals surface area contributed by atoms with Crippen molar-refractivity contribution in [3.05, 3.63) is 108 Å². The Morgan fingerprint density at radius 1 is 0.639 bits per heavy atom. The minimum Gasteiger partial charge on any atom is -0.472 e. The molecule has 36 heavy (non-hydrogen) atoms. The summed E-state index contributed by atoms with van der Waals surface area (Å²) in [6, 6.07) is 15.4. The van der Waals surface area contributed by atoms with E-state index in [9.17, 15) is 9.59 Å². The molecule has 2 aliphatic rings. The van der Waals surface area contributed by atoms with Gasteiger partial charge in [-0.3, -0.25) is 9.59 Å². The van der Waals surface area contributed by atoms with Crippen LogP contribution in [-0.4, -0.2) is 21.6 Å². The Morgan fingerprint density at radius 2 is 1.08 bits per heavy atom. The van der Waals surface area contributed by atoms with Gasteiger partial charge in [0.1, 0.15) is 0 Å². The number of carbonyl (C=O) groups excluding carboxylic acids is 2. The highest BCUT2D eigenvalue weighted by Gasteiger charge is 2.40. The van der Waals surface area contributed by atoms with Gasteiger partial charge in [-0.1, -0.05) is 24.3 Å². The van der Waals surface area contributed by atoms with Gasteiger partial charge in [-0.2, -0.15) is 0 Å². The van der Waals surface area contributed by atoms with E-state index in [0.717, 1.165) is 44.5 Å². The third kappa shape index (κ3) is 3.58. The smallest absolute Gasteiger partial charge is 0.224 e. The highest BCUT2D eigenvalue weighted by Crippen LogP contribution is 2.47. The van der Waals surface area contributed by atoms with Crippen LogP contribution in [0.25, 0.3) is 34.4 Å². The molecule has 2 amide bonds. The maximum absolute atomic E-state index is 12.9. The Hall–Kier alpha value is -4.58. The third-order valence-electron chi connectivity index (χ3n) is 6.97. The molecule has 0 spiro atoms. The van der Waals surface area contributed by atoms with E-state index < -0.39 is 12.1 Å². The van der Waals surface area contributed by atoms with Crippen LogP contribution in [0.5, 0.6) is 0 Å². The zero-order valence-corrected chi connectivity index (χ0v) is 19.9. The molecule has 2 atom stereocenters. The van der Waals surface area contributed by atoms with Gasteiger partial charge in [0.05, 0.1) is 37.1 Å². The van der Waals surface area contributed by atoms with Crippen molar-refractivity contribution in [3.8, 4) is 22.3 Å². The number of fused-ring (bicyclic) bond motifs is 2. The molecule has 4 heterocycles. The van der Waals surface area contributed by atoms with E-state index in [1.807, 2.05) is 48.8 Å². The first-order valence-electron chi connectivity index (χ1n) is 11.8. The molecule has 0 unspecified atom stereocenters. The maximum atomic E-state index is 12.9. The summed E-state index contributed by atoms with van der Waals surface area (Å²) in [4.78, 5) is 29.3. The van der Waals surface area contributed by atoms with E-state index in [2.05, 4.69) is 24.3 Å². The summed E-state index contributed by atoms with van der Waals surface area (Å²) in [5.74, 6) is -0.192. The Labute approximate surface area is 208 Å². The highest BCUT2D eigenvalue weighted by atomic mass is 16.3. The molecule has 2 aliphatic heterocycles. The SMILES string of the molecule is CC(=O)N1C=Cc2ccc(-c3ccoc3)cc2[C@H]1[C@@H]1c2cc(-c3ccoc3)ccc2C=CN1C(C)=O. The van der Waals surface area contributed by atoms with E-state index in [1.54, 1.807) is 48.7 Å². The van der Waals surface area contributed by atoms with Crippen molar-refractivity contribution in [2.45, 2.75) is 25.9 Å². The Balaban J connectivity index is 1.57. The molecule has 0 N–H and O–H groups in total. The molecule has 0 saturated heterocycles. The minimum atomic E-state index is -0.429. The molecular formula is C30H24N2O4.